The van der Waals surface area contributed by atoms with Crippen molar-refractivity contribution in [2.75, 3.05) is 5.32 Å². The molecule has 0 saturated heterocycles. The number of pyridine rings is 1. The summed E-state index contributed by atoms with van der Waals surface area (Å²) in [6.07, 6.45) is 1.66. The zero-order valence-electron chi connectivity index (χ0n) is 17.9. The summed E-state index contributed by atoms with van der Waals surface area (Å²) in [5.74, 6) is 0.634. The first kappa shape index (κ1) is 20.4. The second-order valence-corrected chi connectivity index (χ2v) is 8.30. The van der Waals surface area contributed by atoms with Crippen molar-refractivity contribution >= 4 is 28.6 Å². The number of rotatable bonds is 5. The van der Waals surface area contributed by atoms with Gasteiger partial charge in [0.2, 0.25) is 11.8 Å². The molecule has 2 aromatic carbocycles. The fourth-order valence-electron chi connectivity index (χ4n) is 3.52. The van der Waals surface area contributed by atoms with E-state index in [1.54, 1.807) is 42.1 Å². The second-order valence-electron chi connectivity index (χ2n) is 8.30. The average Bonchev–Trinajstić information content (AvgIpc) is 3.04. The molecule has 4 aromatic rings. The smallest absolute Gasteiger partial charge is 0.337 e. The average molecular weight is 416 g/mol. The Morgan fingerprint density at radius 2 is 1.84 bits per heavy atom. The van der Waals surface area contributed by atoms with Crippen LogP contribution in [0.3, 0.4) is 0 Å². The van der Waals surface area contributed by atoms with Gasteiger partial charge in [0.15, 0.2) is 0 Å². The van der Waals surface area contributed by atoms with Gasteiger partial charge in [0, 0.05) is 18.8 Å². The monoisotopic (exact) mass is 416 g/mol. The number of hydrogen-bond acceptors (Lipinski definition) is 5. The maximum atomic E-state index is 11.6. The van der Waals surface area contributed by atoms with Crippen molar-refractivity contribution in [3.8, 4) is 11.6 Å². The molecule has 0 aliphatic carbocycles. The largest absolute Gasteiger partial charge is 0.478 e. The molecule has 31 heavy (non-hydrogen) atoms. The summed E-state index contributed by atoms with van der Waals surface area (Å²) in [6.45, 7) is 6.39. The Morgan fingerprint density at radius 3 is 2.58 bits per heavy atom. The molecule has 2 heterocycles. The molecule has 0 atom stereocenters. The van der Waals surface area contributed by atoms with E-state index in [-0.39, 0.29) is 11.0 Å². The van der Waals surface area contributed by atoms with Crippen LogP contribution in [0.5, 0.6) is 11.6 Å². The van der Waals surface area contributed by atoms with E-state index in [9.17, 15) is 9.90 Å². The number of ether oxygens (including phenoxy) is 1. The molecule has 0 radical (unpaired) electrons. The van der Waals surface area contributed by atoms with Crippen molar-refractivity contribution in [2.24, 2.45) is 7.05 Å². The van der Waals surface area contributed by atoms with Crippen LogP contribution in [0.2, 0.25) is 0 Å². The first-order valence-corrected chi connectivity index (χ1v) is 9.94. The Labute approximate surface area is 180 Å². The number of hydrogen-bond donors (Lipinski definition) is 2. The summed E-state index contributed by atoms with van der Waals surface area (Å²) < 4.78 is 7.93. The van der Waals surface area contributed by atoms with Crippen LogP contribution in [0.25, 0.3) is 11.0 Å². The minimum Gasteiger partial charge on any atom is -0.478 e. The SMILES string of the molecule is Cn1c(Nc2cccnc2Oc2ccccc2C(C)(C)C)nc2cccc(C(=O)O)c21. The normalized spacial score (nSPS) is 11.5. The van der Waals surface area contributed by atoms with Crippen molar-refractivity contribution in [3.63, 3.8) is 0 Å². The lowest BCUT2D eigenvalue weighted by Gasteiger charge is -2.22. The molecule has 7 nitrogen and oxygen atoms in total. The van der Waals surface area contributed by atoms with E-state index in [2.05, 4.69) is 36.1 Å². The van der Waals surface area contributed by atoms with Gasteiger partial charge in [0.25, 0.3) is 0 Å². The Hall–Kier alpha value is -3.87. The van der Waals surface area contributed by atoms with Crippen LogP contribution in [-0.4, -0.2) is 25.6 Å². The summed E-state index contributed by atoms with van der Waals surface area (Å²) in [5.41, 5.74) is 2.93. The number of imidazole rings is 1. The molecule has 4 rings (SSSR count). The minimum atomic E-state index is -0.996. The number of nitrogens with zero attached hydrogens (tertiary/aromatic N) is 3. The molecular formula is C24H24N4O3. The quantitative estimate of drug-likeness (QED) is 0.446. The number of fused-ring (bicyclic) bond motifs is 1. The van der Waals surface area contributed by atoms with E-state index >= 15 is 0 Å². The number of benzene rings is 2. The van der Waals surface area contributed by atoms with Gasteiger partial charge in [-0.1, -0.05) is 45.0 Å². The van der Waals surface area contributed by atoms with Crippen LogP contribution < -0.4 is 10.1 Å². The van der Waals surface area contributed by atoms with Crippen molar-refractivity contribution in [3.05, 3.63) is 71.9 Å². The van der Waals surface area contributed by atoms with Gasteiger partial charge in [0.1, 0.15) is 11.4 Å². The fourth-order valence-corrected chi connectivity index (χ4v) is 3.52. The number of anilines is 2. The van der Waals surface area contributed by atoms with E-state index in [1.807, 2.05) is 30.3 Å². The van der Waals surface area contributed by atoms with Crippen LogP contribution in [0.4, 0.5) is 11.6 Å². The first-order chi connectivity index (χ1) is 14.8. The number of aromatic nitrogens is 3. The molecule has 0 bridgehead atoms. The molecule has 0 aliphatic rings. The van der Waals surface area contributed by atoms with Crippen LogP contribution >= 0.6 is 0 Å². The predicted molar refractivity (Wildman–Crippen MR) is 120 cm³/mol. The van der Waals surface area contributed by atoms with E-state index in [4.69, 9.17) is 4.74 Å². The number of aryl methyl sites for hydroxylation is 1. The molecule has 2 aromatic heterocycles. The summed E-state index contributed by atoms with van der Waals surface area (Å²) >= 11 is 0. The number of carboxylic acid groups (broad SMARTS) is 1. The van der Waals surface area contributed by atoms with Crippen molar-refractivity contribution < 1.29 is 14.6 Å². The van der Waals surface area contributed by atoms with Crippen LogP contribution in [-0.2, 0) is 12.5 Å². The van der Waals surface area contributed by atoms with Gasteiger partial charge in [-0.15, -0.1) is 0 Å². The molecule has 158 valence electrons. The summed E-state index contributed by atoms with van der Waals surface area (Å²) in [4.78, 5) is 20.6. The molecule has 2 N–H and O–H groups in total. The van der Waals surface area contributed by atoms with Crippen LogP contribution in [0, 0.1) is 0 Å². The van der Waals surface area contributed by atoms with Gasteiger partial charge in [-0.25, -0.2) is 14.8 Å². The lowest BCUT2D eigenvalue weighted by atomic mass is 9.86. The topological polar surface area (TPSA) is 89.3 Å². The molecule has 0 spiro atoms. The summed E-state index contributed by atoms with van der Waals surface area (Å²) in [6, 6.07) is 16.6. The maximum absolute atomic E-state index is 11.6. The Morgan fingerprint density at radius 1 is 1.06 bits per heavy atom. The molecule has 7 heteroatoms. The zero-order chi connectivity index (χ0) is 22.2. The number of carbonyl (C=O) groups is 1. The van der Waals surface area contributed by atoms with Gasteiger partial charge >= 0.3 is 5.97 Å². The maximum Gasteiger partial charge on any atom is 0.337 e. The van der Waals surface area contributed by atoms with Crippen molar-refractivity contribution in [2.45, 2.75) is 26.2 Å². The van der Waals surface area contributed by atoms with E-state index < -0.39 is 5.97 Å². The Kier molecular flexibility index (Phi) is 5.10. The second kappa shape index (κ2) is 7.75. The fraction of sp³-hybridized carbons (Fsp3) is 0.208. The van der Waals surface area contributed by atoms with Crippen LogP contribution in [0.15, 0.2) is 60.8 Å². The molecule has 0 amide bonds. The van der Waals surface area contributed by atoms with Crippen LogP contribution in [0.1, 0.15) is 36.7 Å². The molecule has 0 aliphatic heterocycles. The van der Waals surface area contributed by atoms with Gasteiger partial charge in [-0.3, -0.25) is 0 Å². The van der Waals surface area contributed by atoms with Crippen molar-refractivity contribution in [1.82, 2.24) is 14.5 Å². The Balaban J connectivity index is 1.73. The first-order valence-electron chi connectivity index (χ1n) is 9.94. The van der Waals surface area contributed by atoms with E-state index in [0.29, 0.717) is 28.5 Å². The number of para-hydroxylation sites is 2. The Bertz CT molecular complexity index is 1270. The summed E-state index contributed by atoms with van der Waals surface area (Å²) in [5, 5.41) is 12.8. The third-order valence-corrected chi connectivity index (χ3v) is 5.04. The molecule has 0 unspecified atom stereocenters. The number of aromatic carboxylic acids is 1. The number of nitrogens with one attached hydrogen (secondary N) is 1. The zero-order valence-corrected chi connectivity index (χ0v) is 17.9. The highest BCUT2D eigenvalue weighted by atomic mass is 16.5. The molecule has 0 fully saturated rings. The highest BCUT2D eigenvalue weighted by Gasteiger charge is 2.21. The molecular weight excluding hydrogens is 392 g/mol. The van der Waals surface area contributed by atoms with Gasteiger partial charge in [0.05, 0.1) is 16.6 Å². The number of carboxylic acids is 1. The van der Waals surface area contributed by atoms with E-state index in [1.165, 1.54) is 0 Å². The third kappa shape index (κ3) is 3.94. The third-order valence-electron chi connectivity index (χ3n) is 5.04. The highest BCUT2D eigenvalue weighted by molar-refractivity contribution is 6.02. The summed E-state index contributed by atoms with van der Waals surface area (Å²) in [7, 11) is 1.77. The lowest BCUT2D eigenvalue weighted by Crippen LogP contribution is -2.12. The highest BCUT2D eigenvalue weighted by Crippen LogP contribution is 2.36. The lowest BCUT2D eigenvalue weighted by molar-refractivity contribution is 0.0698. The molecule has 0 saturated carbocycles. The van der Waals surface area contributed by atoms with E-state index in [0.717, 1.165) is 11.3 Å². The van der Waals surface area contributed by atoms with Gasteiger partial charge in [-0.2, -0.15) is 0 Å². The van der Waals surface area contributed by atoms with Gasteiger partial charge in [-0.05, 0) is 35.7 Å². The van der Waals surface area contributed by atoms with Crippen molar-refractivity contribution in [1.29, 1.82) is 0 Å². The standard InChI is InChI=1S/C24H24N4O3/c1-24(2,3)16-10-5-6-13-19(16)31-21-18(12-8-14-25-21)27-23-26-17-11-7-9-15(22(29)30)20(17)28(23)4/h5-14H,1-4H3,(H,26,27)(H,29,30). The predicted octanol–water partition coefficient (Wildman–Crippen LogP) is 5.50. The van der Waals surface area contributed by atoms with Gasteiger partial charge < -0.3 is 19.7 Å². The minimum absolute atomic E-state index is 0.0937.